The van der Waals surface area contributed by atoms with Crippen molar-refractivity contribution < 1.29 is 4.79 Å². The summed E-state index contributed by atoms with van der Waals surface area (Å²) in [5, 5.41) is 7.17. The van der Waals surface area contributed by atoms with Crippen LogP contribution >= 0.6 is 23.2 Å². The SMILES string of the molecule is CN(C)CCCNC(=O)CCNc1cc(Cl)cc(Cl)c1. The molecule has 0 spiro atoms. The van der Waals surface area contributed by atoms with Crippen LogP contribution in [0.25, 0.3) is 0 Å². The molecule has 20 heavy (non-hydrogen) atoms. The normalized spacial score (nSPS) is 10.7. The topological polar surface area (TPSA) is 44.4 Å². The van der Waals surface area contributed by atoms with Crippen LogP contribution in [0.3, 0.4) is 0 Å². The first kappa shape index (κ1) is 17.1. The second-order valence-electron chi connectivity index (χ2n) is 4.84. The van der Waals surface area contributed by atoms with E-state index in [1.165, 1.54) is 0 Å². The Balaban J connectivity index is 2.18. The molecule has 1 aromatic rings. The van der Waals surface area contributed by atoms with Crippen LogP contribution in [0.4, 0.5) is 5.69 Å². The molecule has 1 rings (SSSR count). The van der Waals surface area contributed by atoms with Gasteiger partial charge in [0.25, 0.3) is 0 Å². The van der Waals surface area contributed by atoms with Gasteiger partial charge in [-0.25, -0.2) is 0 Å². The second-order valence-corrected chi connectivity index (χ2v) is 5.71. The highest BCUT2D eigenvalue weighted by molar-refractivity contribution is 6.35. The summed E-state index contributed by atoms with van der Waals surface area (Å²) < 4.78 is 0. The lowest BCUT2D eigenvalue weighted by Gasteiger charge is -2.10. The van der Waals surface area contributed by atoms with Gasteiger partial charge in [-0.15, -0.1) is 0 Å². The minimum Gasteiger partial charge on any atom is -0.384 e. The Morgan fingerprint density at radius 3 is 2.40 bits per heavy atom. The Hall–Kier alpha value is -0.970. The molecule has 0 atom stereocenters. The number of hydrogen-bond acceptors (Lipinski definition) is 3. The predicted molar refractivity (Wildman–Crippen MR) is 85.7 cm³/mol. The van der Waals surface area contributed by atoms with E-state index in [1.54, 1.807) is 18.2 Å². The molecule has 0 aliphatic carbocycles. The van der Waals surface area contributed by atoms with Crippen molar-refractivity contribution in [1.29, 1.82) is 0 Å². The molecule has 4 nitrogen and oxygen atoms in total. The second kappa shape index (κ2) is 9.06. The molecule has 0 aromatic heterocycles. The lowest BCUT2D eigenvalue weighted by Crippen LogP contribution is -2.28. The summed E-state index contributed by atoms with van der Waals surface area (Å²) in [6.07, 6.45) is 1.38. The highest BCUT2D eigenvalue weighted by atomic mass is 35.5. The molecule has 1 aromatic carbocycles. The average Bonchev–Trinajstić information content (AvgIpc) is 2.33. The van der Waals surface area contributed by atoms with Crippen molar-refractivity contribution in [3.8, 4) is 0 Å². The predicted octanol–water partition coefficient (Wildman–Crippen LogP) is 2.86. The number of rotatable bonds is 8. The van der Waals surface area contributed by atoms with E-state index < -0.39 is 0 Å². The van der Waals surface area contributed by atoms with Gasteiger partial charge >= 0.3 is 0 Å². The summed E-state index contributed by atoms with van der Waals surface area (Å²) in [7, 11) is 4.03. The smallest absolute Gasteiger partial charge is 0.221 e. The van der Waals surface area contributed by atoms with Crippen molar-refractivity contribution in [2.75, 3.05) is 39.0 Å². The highest BCUT2D eigenvalue weighted by Crippen LogP contribution is 2.22. The van der Waals surface area contributed by atoms with Crippen molar-refractivity contribution in [3.05, 3.63) is 28.2 Å². The van der Waals surface area contributed by atoms with Crippen LogP contribution in [0.1, 0.15) is 12.8 Å². The van der Waals surface area contributed by atoms with Crippen LogP contribution < -0.4 is 10.6 Å². The molecule has 6 heteroatoms. The van der Waals surface area contributed by atoms with Crippen LogP contribution in [0.15, 0.2) is 18.2 Å². The standard InChI is InChI=1S/C14H21Cl2N3O/c1-19(2)7-3-5-18-14(20)4-6-17-13-9-11(15)8-12(16)10-13/h8-10,17H,3-7H2,1-2H3,(H,18,20). The minimum absolute atomic E-state index is 0.0457. The van der Waals surface area contributed by atoms with Crippen LogP contribution in [-0.2, 0) is 4.79 Å². The van der Waals surface area contributed by atoms with Gasteiger partial charge in [0.1, 0.15) is 0 Å². The fraction of sp³-hybridized carbons (Fsp3) is 0.500. The quantitative estimate of drug-likeness (QED) is 0.725. The number of benzene rings is 1. The van der Waals surface area contributed by atoms with Crippen LogP contribution in [0, 0.1) is 0 Å². The average molecular weight is 318 g/mol. The van der Waals surface area contributed by atoms with Crippen molar-refractivity contribution in [3.63, 3.8) is 0 Å². The fourth-order valence-corrected chi connectivity index (χ4v) is 2.21. The number of amides is 1. The Morgan fingerprint density at radius 1 is 1.15 bits per heavy atom. The maximum atomic E-state index is 11.6. The Bertz CT molecular complexity index is 418. The zero-order valence-corrected chi connectivity index (χ0v) is 13.4. The fourth-order valence-electron chi connectivity index (χ4n) is 1.69. The molecule has 0 aliphatic heterocycles. The monoisotopic (exact) mass is 317 g/mol. The number of anilines is 1. The Kier molecular flexibility index (Phi) is 7.73. The van der Waals surface area contributed by atoms with Gasteiger partial charge in [-0.05, 0) is 45.3 Å². The van der Waals surface area contributed by atoms with E-state index in [2.05, 4.69) is 15.5 Å². The third kappa shape index (κ3) is 7.58. The number of halogens is 2. The maximum absolute atomic E-state index is 11.6. The molecule has 0 fully saturated rings. The van der Waals surface area contributed by atoms with E-state index in [1.807, 2.05) is 14.1 Å². The maximum Gasteiger partial charge on any atom is 0.221 e. The van der Waals surface area contributed by atoms with E-state index in [4.69, 9.17) is 23.2 Å². The summed E-state index contributed by atoms with van der Waals surface area (Å²) in [5.41, 5.74) is 0.822. The van der Waals surface area contributed by atoms with Gasteiger partial charge in [0, 0.05) is 35.2 Å². The van der Waals surface area contributed by atoms with Crippen LogP contribution in [0.2, 0.25) is 10.0 Å². The van der Waals surface area contributed by atoms with E-state index in [0.717, 1.165) is 18.7 Å². The molecule has 112 valence electrons. The Labute approximate surface area is 130 Å². The molecule has 0 bridgehead atoms. The molecule has 2 N–H and O–H groups in total. The molecular weight excluding hydrogens is 297 g/mol. The van der Waals surface area contributed by atoms with Crippen molar-refractivity contribution in [2.45, 2.75) is 12.8 Å². The molecule has 0 saturated heterocycles. The largest absolute Gasteiger partial charge is 0.384 e. The lowest BCUT2D eigenvalue weighted by atomic mass is 10.3. The van der Waals surface area contributed by atoms with E-state index in [9.17, 15) is 4.79 Å². The third-order valence-electron chi connectivity index (χ3n) is 2.65. The molecule has 0 heterocycles. The minimum atomic E-state index is 0.0457. The summed E-state index contributed by atoms with van der Waals surface area (Å²) in [5.74, 6) is 0.0457. The van der Waals surface area contributed by atoms with Crippen molar-refractivity contribution in [1.82, 2.24) is 10.2 Å². The van der Waals surface area contributed by atoms with Crippen molar-refractivity contribution in [2.24, 2.45) is 0 Å². The van der Waals surface area contributed by atoms with Crippen LogP contribution in [-0.4, -0.2) is 44.5 Å². The summed E-state index contributed by atoms with van der Waals surface area (Å²) in [4.78, 5) is 13.7. The van der Waals surface area contributed by atoms with Gasteiger partial charge in [-0.1, -0.05) is 23.2 Å². The summed E-state index contributed by atoms with van der Waals surface area (Å²) >= 11 is 11.8. The van der Waals surface area contributed by atoms with E-state index in [-0.39, 0.29) is 5.91 Å². The molecule has 1 amide bonds. The van der Waals surface area contributed by atoms with Gasteiger partial charge in [-0.3, -0.25) is 4.79 Å². The first-order valence-electron chi connectivity index (χ1n) is 6.59. The molecular formula is C14H21Cl2N3O. The van der Waals surface area contributed by atoms with Gasteiger partial charge in [0.2, 0.25) is 5.91 Å². The van der Waals surface area contributed by atoms with E-state index in [0.29, 0.717) is 29.6 Å². The van der Waals surface area contributed by atoms with Crippen molar-refractivity contribution >= 4 is 34.8 Å². The number of nitrogens with one attached hydrogen (secondary N) is 2. The zero-order chi connectivity index (χ0) is 15.0. The zero-order valence-electron chi connectivity index (χ0n) is 11.9. The number of carbonyl (C=O) groups excluding carboxylic acids is 1. The van der Waals surface area contributed by atoms with Gasteiger partial charge in [0.15, 0.2) is 0 Å². The first-order chi connectivity index (χ1) is 9.47. The molecule has 0 unspecified atom stereocenters. The molecule has 0 radical (unpaired) electrons. The molecule has 0 aliphatic rings. The third-order valence-corrected chi connectivity index (χ3v) is 3.08. The van der Waals surface area contributed by atoms with Gasteiger partial charge in [0.05, 0.1) is 0 Å². The number of nitrogens with zero attached hydrogens (tertiary/aromatic N) is 1. The molecule has 0 saturated carbocycles. The Morgan fingerprint density at radius 2 is 1.80 bits per heavy atom. The number of hydrogen-bond donors (Lipinski definition) is 2. The first-order valence-corrected chi connectivity index (χ1v) is 7.34. The highest BCUT2D eigenvalue weighted by Gasteiger charge is 2.02. The van der Waals surface area contributed by atoms with E-state index >= 15 is 0 Å². The summed E-state index contributed by atoms with van der Waals surface area (Å²) in [6, 6.07) is 5.23. The summed E-state index contributed by atoms with van der Waals surface area (Å²) in [6.45, 7) is 2.23. The lowest BCUT2D eigenvalue weighted by molar-refractivity contribution is -0.120. The number of carbonyl (C=O) groups is 1. The van der Waals surface area contributed by atoms with Gasteiger partial charge < -0.3 is 15.5 Å². The van der Waals surface area contributed by atoms with Gasteiger partial charge in [-0.2, -0.15) is 0 Å². The van der Waals surface area contributed by atoms with Crippen LogP contribution in [0.5, 0.6) is 0 Å².